The molecule has 1 aromatic heterocycles. The number of fused-ring (bicyclic) bond motifs is 2. The smallest absolute Gasteiger partial charge is 0.341 e. The molecule has 0 N–H and O–H groups in total. The van der Waals surface area contributed by atoms with E-state index in [4.69, 9.17) is 9.57 Å². The van der Waals surface area contributed by atoms with Gasteiger partial charge in [-0.15, -0.1) is 11.3 Å². The van der Waals surface area contributed by atoms with E-state index in [9.17, 15) is 14.4 Å². The van der Waals surface area contributed by atoms with Gasteiger partial charge in [0.25, 0.3) is 5.91 Å². The Bertz CT molecular complexity index is 1370. The van der Waals surface area contributed by atoms with Gasteiger partial charge in [-0.3, -0.25) is 14.4 Å². The van der Waals surface area contributed by atoms with E-state index < -0.39 is 29.9 Å². The molecule has 3 heterocycles. The number of carbonyl (C=O) groups is 3. The third-order valence-electron chi connectivity index (χ3n) is 7.38. The molecule has 2 aliphatic heterocycles. The second-order valence-electron chi connectivity index (χ2n) is 9.69. The number of aryl methyl sites for hydroxylation is 2. The number of hydrogen-bond acceptors (Lipinski definition) is 7. The maximum Gasteiger partial charge on any atom is 0.341 e. The van der Waals surface area contributed by atoms with Crippen molar-refractivity contribution < 1.29 is 24.0 Å². The van der Waals surface area contributed by atoms with Crippen molar-refractivity contribution in [3.8, 4) is 0 Å². The Kier molecular flexibility index (Phi) is 6.09. The van der Waals surface area contributed by atoms with Crippen LogP contribution in [0, 0.1) is 12.8 Å². The SMILES string of the molecule is CCOC(=O)c1c(N2C(=O)[C@H]3[C@H](ON(c4ccccc4)[C@@H]3c3ccc(C)cc3)C2=O)sc2c1CCCC2. The molecule has 3 aromatic rings. The number of ether oxygens (including phenoxy) is 1. The van der Waals surface area contributed by atoms with E-state index >= 15 is 0 Å². The highest BCUT2D eigenvalue weighted by atomic mass is 32.1. The van der Waals surface area contributed by atoms with E-state index in [-0.39, 0.29) is 12.5 Å². The Balaban J connectivity index is 1.44. The number of nitrogens with zero attached hydrogens (tertiary/aromatic N) is 2. The number of carbonyl (C=O) groups excluding carboxylic acids is 3. The van der Waals surface area contributed by atoms with Crippen LogP contribution in [0.1, 0.15) is 57.7 Å². The minimum atomic E-state index is -0.979. The summed E-state index contributed by atoms with van der Waals surface area (Å²) in [7, 11) is 0. The molecule has 3 aliphatic rings. The zero-order valence-electron chi connectivity index (χ0n) is 20.8. The quantitative estimate of drug-likeness (QED) is 0.344. The fraction of sp³-hybridized carbons (Fsp3) is 0.345. The number of para-hydroxylation sites is 1. The van der Waals surface area contributed by atoms with Crippen LogP contribution in [0.5, 0.6) is 0 Å². The van der Waals surface area contributed by atoms with Crippen molar-refractivity contribution in [3.05, 3.63) is 81.7 Å². The van der Waals surface area contributed by atoms with Gasteiger partial charge in [-0.1, -0.05) is 48.0 Å². The molecule has 2 amide bonds. The fourth-order valence-corrected chi connectivity index (χ4v) is 7.03. The Labute approximate surface area is 219 Å². The molecule has 37 heavy (non-hydrogen) atoms. The molecule has 2 saturated heterocycles. The molecule has 3 atom stereocenters. The van der Waals surface area contributed by atoms with Crippen LogP contribution in [0.4, 0.5) is 10.7 Å². The average molecular weight is 517 g/mol. The zero-order chi connectivity index (χ0) is 25.7. The highest BCUT2D eigenvalue weighted by molar-refractivity contribution is 7.17. The predicted molar refractivity (Wildman–Crippen MR) is 141 cm³/mol. The van der Waals surface area contributed by atoms with Crippen molar-refractivity contribution in [1.29, 1.82) is 0 Å². The molecule has 1 aliphatic carbocycles. The molecule has 0 spiro atoms. The van der Waals surface area contributed by atoms with Gasteiger partial charge in [0, 0.05) is 4.88 Å². The van der Waals surface area contributed by atoms with Crippen LogP contribution in [0.3, 0.4) is 0 Å². The molecule has 190 valence electrons. The number of rotatable bonds is 5. The Hall–Kier alpha value is -3.49. The molecule has 6 rings (SSSR count). The lowest BCUT2D eigenvalue weighted by atomic mass is 9.90. The van der Waals surface area contributed by atoms with Crippen LogP contribution in [0.2, 0.25) is 0 Å². The normalized spacial score (nSPS) is 22.8. The van der Waals surface area contributed by atoms with Crippen LogP contribution >= 0.6 is 11.3 Å². The van der Waals surface area contributed by atoms with E-state index in [1.165, 1.54) is 16.2 Å². The Morgan fingerprint density at radius 2 is 1.76 bits per heavy atom. The van der Waals surface area contributed by atoms with Crippen LogP contribution in [-0.4, -0.2) is 30.5 Å². The van der Waals surface area contributed by atoms with E-state index in [0.29, 0.717) is 10.6 Å². The largest absolute Gasteiger partial charge is 0.462 e. The van der Waals surface area contributed by atoms with Gasteiger partial charge < -0.3 is 4.74 Å². The number of esters is 1. The van der Waals surface area contributed by atoms with Crippen LogP contribution in [0.15, 0.2) is 54.6 Å². The number of benzene rings is 2. The Morgan fingerprint density at radius 1 is 1.03 bits per heavy atom. The van der Waals surface area contributed by atoms with E-state index in [1.54, 1.807) is 12.0 Å². The summed E-state index contributed by atoms with van der Waals surface area (Å²) in [5.41, 5.74) is 4.05. The molecular weight excluding hydrogens is 488 g/mol. The van der Waals surface area contributed by atoms with Gasteiger partial charge >= 0.3 is 5.97 Å². The van der Waals surface area contributed by atoms with Gasteiger partial charge in [0.05, 0.1) is 23.9 Å². The molecule has 0 unspecified atom stereocenters. The van der Waals surface area contributed by atoms with Gasteiger partial charge in [0.2, 0.25) is 5.91 Å². The van der Waals surface area contributed by atoms with Gasteiger partial charge in [0.1, 0.15) is 10.9 Å². The first-order valence-electron chi connectivity index (χ1n) is 12.8. The molecule has 0 saturated carbocycles. The zero-order valence-corrected chi connectivity index (χ0v) is 21.6. The van der Waals surface area contributed by atoms with Crippen LogP contribution in [-0.2, 0) is 32.0 Å². The van der Waals surface area contributed by atoms with Gasteiger partial charge in [-0.2, -0.15) is 0 Å². The van der Waals surface area contributed by atoms with Gasteiger partial charge in [-0.05, 0) is 62.8 Å². The monoisotopic (exact) mass is 516 g/mol. The van der Waals surface area contributed by atoms with Gasteiger partial charge in [-0.25, -0.2) is 14.8 Å². The summed E-state index contributed by atoms with van der Waals surface area (Å²) >= 11 is 1.37. The molecule has 2 fully saturated rings. The summed E-state index contributed by atoms with van der Waals surface area (Å²) in [6, 6.07) is 17.0. The number of anilines is 2. The third-order valence-corrected chi connectivity index (χ3v) is 8.66. The summed E-state index contributed by atoms with van der Waals surface area (Å²) in [5, 5.41) is 2.08. The average Bonchev–Trinajstić information content (AvgIpc) is 3.55. The maximum atomic E-state index is 14.1. The van der Waals surface area contributed by atoms with Crippen LogP contribution in [0.25, 0.3) is 0 Å². The summed E-state index contributed by atoms with van der Waals surface area (Å²) in [6.07, 6.45) is 2.58. The molecule has 0 radical (unpaired) electrons. The molecular formula is C29H28N2O5S. The highest BCUT2D eigenvalue weighted by Gasteiger charge is 2.61. The lowest BCUT2D eigenvalue weighted by molar-refractivity contribution is -0.126. The van der Waals surface area contributed by atoms with Gasteiger partial charge in [0.15, 0.2) is 6.10 Å². The maximum absolute atomic E-state index is 14.1. The highest BCUT2D eigenvalue weighted by Crippen LogP contribution is 2.50. The van der Waals surface area contributed by atoms with Crippen molar-refractivity contribution in [2.75, 3.05) is 16.6 Å². The molecule has 0 bridgehead atoms. The standard InChI is InChI=1S/C29H28N2O5S/c1-3-35-29(34)22-20-11-7-8-12-21(20)37-28(22)30-26(32)23-24(18-15-13-17(2)14-16-18)31(36-25(23)27(30)33)19-9-5-4-6-10-19/h4-6,9-10,13-16,23-25H,3,7-8,11-12H2,1-2H3/t23-,24-,25+/m1/s1. The first-order valence-corrected chi connectivity index (χ1v) is 13.6. The van der Waals surface area contributed by atoms with E-state index in [2.05, 4.69) is 0 Å². The number of hydrogen-bond donors (Lipinski definition) is 0. The minimum Gasteiger partial charge on any atom is -0.462 e. The van der Waals surface area contributed by atoms with Crippen molar-refractivity contribution in [2.45, 2.75) is 51.7 Å². The lowest BCUT2D eigenvalue weighted by Crippen LogP contribution is -2.37. The number of hydroxylamine groups is 1. The second kappa shape index (κ2) is 9.43. The van der Waals surface area contributed by atoms with Crippen molar-refractivity contribution in [1.82, 2.24) is 0 Å². The molecule has 7 nitrogen and oxygen atoms in total. The van der Waals surface area contributed by atoms with Crippen LogP contribution < -0.4 is 9.96 Å². The van der Waals surface area contributed by atoms with Crippen molar-refractivity contribution in [3.63, 3.8) is 0 Å². The third kappa shape index (κ3) is 3.86. The van der Waals surface area contributed by atoms with E-state index in [0.717, 1.165) is 52.9 Å². The summed E-state index contributed by atoms with van der Waals surface area (Å²) in [4.78, 5) is 49.6. The number of imide groups is 1. The lowest BCUT2D eigenvalue weighted by Gasteiger charge is -2.28. The fourth-order valence-electron chi connectivity index (χ4n) is 5.64. The molecule has 2 aromatic carbocycles. The van der Waals surface area contributed by atoms with E-state index in [1.807, 2.05) is 61.5 Å². The predicted octanol–water partition coefficient (Wildman–Crippen LogP) is 5.16. The molecule has 8 heteroatoms. The number of thiophene rings is 1. The summed E-state index contributed by atoms with van der Waals surface area (Å²) < 4.78 is 5.37. The summed E-state index contributed by atoms with van der Waals surface area (Å²) in [5.74, 6) is -2.00. The second-order valence-corrected chi connectivity index (χ2v) is 10.8. The van der Waals surface area contributed by atoms with Crippen molar-refractivity contribution in [2.24, 2.45) is 5.92 Å². The number of amides is 2. The topological polar surface area (TPSA) is 76.2 Å². The first kappa shape index (κ1) is 23.9. The first-order chi connectivity index (χ1) is 18.0. The summed E-state index contributed by atoms with van der Waals surface area (Å²) in [6.45, 7) is 3.99. The van der Waals surface area contributed by atoms with Crippen molar-refractivity contribution >= 4 is 39.8 Å². The minimum absolute atomic E-state index is 0.223. The Morgan fingerprint density at radius 3 is 2.49 bits per heavy atom.